The summed E-state index contributed by atoms with van der Waals surface area (Å²) in [6, 6.07) is 0. The van der Waals surface area contributed by atoms with Crippen molar-refractivity contribution in [3.05, 3.63) is 16.4 Å². The van der Waals surface area contributed by atoms with Crippen LogP contribution in [0, 0.1) is 5.41 Å². The Morgan fingerprint density at radius 3 is 2.61 bits per heavy atom. The summed E-state index contributed by atoms with van der Waals surface area (Å²) in [5.74, 6) is -0.0252. The summed E-state index contributed by atoms with van der Waals surface area (Å²) in [7, 11) is 1.57. The molecular formula is C13H21BrN2O2. The van der Waals surface area contributed by atoms with Gasteiger partial charge in [0.25, 0.3) is 0 Å². The average molecular weight is 317 g/mol. The van der Waals surface area contributed by atoms with E-state index in [1.165, 1.54) is 0 Å². The molecule has 1 aromatic rings. The molecule has 102 valence electrons. The Kier molecular flexibility index (Phi) is 5.10. The number of nitrogens with zero attached hydrogens (tertiary/aromatic N) is 2. The van der Waals surface area contributed by atoms with E-state index in [2.05, 4.69) is 28.0 Å². The molecule has 1 unspecified atom stereocenters. The maximum atomic E-state index is 12.6. The van der Waals surface area contributed by atoms with Crippen molar-refractivity contribution in [1.29, 1.82) is 0 Å². The third-order valence-corrected chi connectivity index (χ3v) is 3.30. The van der Waals surface area contributed by atoms with Crippen LogP contribution in [-0.2, 0) is 11.3 Å². The molecule has 0 aliphatic rings. The van der Waals surface area contributed by atoms with Crippen molar-refractivity contribution >= 4 is 21.7 Å². The maximum Gasteiger partial charge on any atom is 0.211 e. The van der Waals surface area contributed by atoms with Crippen molar-refractivity contribution in [3.8, 4) is 0 Å². The van der Waals surface area contributed by atoms with E-state index in [9.17, 15) is 4.79 Å². The minimum atomic E-state index is -0.471. The van der Waals surface area contributed by atoms with Gasteiger partial charge in [0.2, 0.25) is 5.78 Å². The first-order valence-electron chi connectivity index (χ1n) is 6.11. The van der Waals surface area contributed by atoms with Crippen molar-refractivity contribution in [2.75, 3.05) is 7.11 Å². The number of Topliss-reactive ketones (excluding diaryl/α,β-unsaturated/α-hetero) is 1. The Hall–Kier alpha value is -0.680. The highest BCUT2D eigenvalue weighted by molar-refractivity contribution is 9.10. The van der Waals surface area contributed by atoms with Crippen LogP contribution in [0.2, 0.25) is 0 Å². The number of methoxy groups -OCH3 is 1. The summed E-state index contributed by atoms with van der Waals surface area (Å²) in [5.41, 5.74) is 0.352. The van der Waals surface area contributed by atoms with E-state index in [4.69, 9.17) is 4.74 Å². The first-order chi connectivity index (χ1) is 8.32. The van der Waals surface area contributed by atoms with E-state index in [1.54, 1.807) is 18.0 Å². The second kappa shape index (κ2) is 5.97. The minimum absolute atomic E-state index is 0.0252. The number of hydrogen-bond donors (Lipinski definition) is 0. The SMILES string of the molecule is CCCn1ncc(Br)c1C(=O)C(OC)C(C)(C)C. The molecule has 0 fully saturated rings. The monoisotopic (exact) mass is 316 g/mol. The molecule has 0 N–H and O–H groups in total. The van der Waals surface area contributed by atoms with Gasteiger partial charge in [-0.25, -0.2) is 0 Å². The predicted molar refractivity (Wildman–Crippen MR) is 74.8 cm³/mol. The lowest BCUT2D eigenvalue weighted by Gasteiger charge is -2.28. The molecule has 1 rings (SSSR count). The van der Waals surface area contributed by atoms with Crippen LogP contribution in [0.1, 0.15) is 44.6 Å². The van der Waals surface area contributed by atoms with Crippen molar-refractivity contribution in [3.63, 3.8) is 0 Å². The smallest absolute Gasteiger partial charge is 0.211 e. The van der Waals surface area contributed by atoms with Crippen molar-refractivity contribution < 1.29 is 9.53 Å². The minimum Gasteiger partial charge on any atom is -0.373 e. The molecule has 1 heterocycles. The quantitative estimate of drug-likeness (QED) is 0.783. The van der Waals surface area contributed by atoms with Crippen LogP contribution in [0.4, 0.5) is 0 Å². The molecular weight excluding hydrogens is 296 g/mol. The molecule has 0 aliphatic carbocycles. The molecule has 1 aromatic heterocycles. The third kappa shape index (κ3) is 3.20. The Morgan fingerprint density at radius 1 is 1.56 bits per heavy atom. The average Bonchev–Trinajstić information content (AvgIpc) is 2.59. The number of carbonyl (C=O) groups excluding carboxylic acids is 1. The molecule has 0 bridgehead atoms. The number of aromatic nitrogens is 2. The van der Waals surface area contributed by atoms with E-state index in [0.717, 1.165) is 17.4 Å². The Balaban J connectivity index is 3.13. The van der Waals surface area contributed by atoms with Crippen LogP contribution in [0.15, 0.2) is 10.7 Å². The van der Waals surface area contributed by atoms with Crippen LogP contribution in [0.5, 0.6) is 0 Å². The lowest BCUT2D eigenvalue weighted by atomic mass is 9.85. The highest BCUT2D eigenvalue weighted by Crippen LogP contribution is 2.28. The molecule has 4 nitrogen and oxygen atoms in total. The summed E-state index contributed by atoms with van der Waals surface area (Å²) >= 11 is 3.39. The highest BCUT2D eigenvalue weighted by Gasteiger charge is 2.34. The van der Waals surface area contributed by atoms with Gasteiger partial charge in [-0.15, -0.1) is 0 Å². The normalized spacial score (nSPS) is 13.7. The van der Waals surface area contributed by atoms with Gasteiger partial charge < -0.3 is 4.74 Å². The number of ether oxygens (including phenoxy) is 1. The van der Waals surface area contributed by atoms with Gasteiger partial charge in [-0.2, -0.15) is 5.10 Å². The molecule has 0 radical (unpaired) electrons. The van der Waals surface area contributed by atoms with Gasteiger partial charge in [0, 0.05) is 13.7 Å². The van der Waals surface area contributed by atoms with Gasteiger partial charge >= 0.3 is 0 Å². The molecule has 0 spiro atoms. The van der Waals surface area contributed by atoms with Gasteiger partial charge in [0.05, 0.1) is 10.7 Å². The summed E-state index contributed by atoms with van der Waals surface area (Å²) in [5, 5.41) is 4.22. The molecule has 1 atom stereocenters. The molecule has 0 saturated heterocycles. The molecule has 0 aromatic carbocycles. The number of hydrogen-bond acceptors (Lipinski definition) is 3. The molecule has 0 amide bonds. The third-order valence-electron chi connectivity index (χ3n) is 2.72. The number of aryl methyl sites for hydroxylation is 1. The fourth-order valence-corrected chi connectivity index (χ4v) is 2.46. The van der Waals surface area contributed by atoms with Gasteiger partial charge in [-0.3, -0.25) is 9.48 Å². The summed E-state index contributed by atoms with van der Waals surface area (Å²) in [6.45, 7) is 8.77. The lowest BCUT2D eigenvalue weighted by Crippen LogP contribution is -2.37. The summed E-state index contributed by atoms with van der Waals surface area (Å²) < 4.78 is 7.85. The fourth-order valence-electron chi connectivity index (χ4n) is 1.97. The molecule has 0 saturated carbocycles. The Morgan fingerprint density at radius 2 is 2.17 bits per heavy atom. The van der Waals surface area contributed by atoms with Crippen LogP contribution in [0.25, 0.3) is 0 Å². The zero-order valence-corrected chi connectivity index (χ0v) is 13.2. The van der Waals surface area contributed by atoms with E-state index in [-0.39, 0.29) is 11.2 Å². The van der Waals surface area contributed by atoms with Crippen molar-refractivity contribution in [2.24, 2.45) is 5.41 Å². The van der Waals surface area contributed by atoms with E-state index < -0.39 is 6.10 Å². The number of carbonyl (C=O) groups is 1. The Labute approximate surface area is 117 Å². The first kappa shape index (κ1) is 15.4. The number of halogens is 1. The predicted octanol–water partition coefficient (Wildman–Crippen LogP) is 3.30. The van der Waals surface area contributed by atoms with Crippen LogP contribution in [0.3, 0.4) is 0 Å². The largest absolute Gasteiger partial charge is 0.373 e. The second-order valence-corrected chi connectivity index (χ2v) is 6.26. The van der Waals surface area contributed by atoms with Crippen molar-refractivity contribution in [2.45, 2.75) is 46.8 Å². The fraction of sp³-hybridized carbons (Fsp3) is 0.692. The highest BCUT2D eigenvalue weighted by atomic mass is 79.9. The summed E-state index contributed by atoms with van der Waals surface area (Å²) in [6.07, 6.45) is 2.13. The van der Waals surface area contributed by atoms with Gasteiger partial charge in [0.1, 0.15) is 11.8 Å². The zero-order chi connectivity index (χ0) is 13.9. The topological polar surface area (TPSA) is 44.1 Å². The zero-order valence-electron chi connectivity index (χ0n) is 11.7. The molecule has 0 aliphatic heterocycles. The number of ketones is 1. The summed E-state index contributed by atoms with van der Waals surface area (Å²) in [4.78, 5) is 12.6. The maximum absolute atomic E-state index is 12.6. The van der Waals surface area contributed by atoms with E-state index in [0.29, 0.717) is 5.69 Å². The Bertz CT molecular complexity index is 421. The van der Waals surface area contributed by atoms with Gasteiger partial charge in [-0.05, 0) is 27.8 Å². The lowest BCUT2D eigenvalue weighted by molar-refractivity contribution is 0.0186. The second-order valence-electron chi connectivity index (χ2n) is 5.41. The van der Waals surface area contributed by atoms with E-state index >= 15 is 0 Å². The van der Waals surface area contributed by atoms with E-state index in [1.807, 2.05) is 20.8 Å². The van der Waals surface area contributed by atoms with Gasteiger partial charge in [0.15, 0.2) is 0 Å². The number of rotatable bonds is 5. The van der Waals surface area contributed by atoms with Crippen LogP contribution in [-0.4, -0.2) is 28.8 Å². The van der Waals surface area contributed by atoms with Crippen LogP contribution >= 0.6 is 15.9 Å². The standard InChI is InChI=1S/C13H21BrN2O2/c1-6-7-16-10(9(14)8-15-16)11(17)12(18-5)13(2,3)4/h8,12H,6-7H2,1-5H3. The first-order valence-corrected chi connectivity index (χ1v) is 6.90. The molecule has 18 heavy (non-hydrogen) atoms. The van der Waals surface area contributed by atoms with Crippen LogP contribution < -0.4 is 0 Å². The van der Waals surface area contributed by atoms with Crippen molar-refractivity contribution in [1.82, 2.24) is 9.78 Å². The van der Waals surface area contributed by atoms with Gasteiger partial charge in [-0.1, -0.05) is 27.7 Å². The molecule has 5 heteroatoms.